The molecule has 1 N–H and O–H groups in total. The van der Waals surface area contributed by atoms with E-state index in [1.807, 2.05) is 30.3 Å². The minimum Gasteiger partial charge on any atom is -0.480 e. The quantitative estimate of drug-likeness (QED) is 0.799. The van der Waals surface area contributed by atoms with E-state index in [-0.39, 0.29) is 36.3 Å². The molecule has 1 aliphatic rings. The van der Waals surface area contributed by atoms with E-state index >= 15 is 0 Å². The van der Waals surface area contributed by atoms with Crippen molar-refractivity contribution in [2.24, 2.45) is 5.92 Å². The minimum atomic E-state index is -3.03. The van der Waals surface area contributed by atoms with Gasteiger partial charge in [0.2, 0.25) is 5.91 Å². The second kappa shape index (κ2) is 7.59. The third-order valence-corrected chi connectivity index (χ3v) is 5.82. The van der Waals surface area contributed by atoms with Gasteiger partial charge in [0.05, 0.1) is 11.5 Å². The van der Waals surface area contributed by atoms with Gasteiger partial charge in [0.25, 0.3) is 0 Å². The first-order valence-corrected chi connectivity index (χ1v) is 9.42. The van der Waals surface area contributed by atoms with Crippen LogP contribution < -0.4 is 0 Å². The highest BCUT2D eigenvalue weighted by Crippen LogP contribution is 2.22. The first-order valence-electron chi connectivity index (χ1n) is 7.59. The molecule has 1 aromatic rings. The van der Waals surface area contributed by atoms with Crippen molar-refractivity contribution in [1.29, 1.82) is 0 Å². The Labute approximate surface area is 136 Å². The number of hydrogen-bond acceptors (Lipinski definition) is 4. The van der Waals surface area contributed by atoms with E-state index in [0.717, 1.165) is 5.56 Å². The van der Waals surface area contributed by atoms with Gasteiger partial charge in [-0.05, 0) is 24.3 Å². The number of carbonyl (C=O) groups is 2. The monoisotopic (exact) mass is 339 g/mol. The van der Waals surface area contributed by atoms with Crippen LogP contribution in [0.3, 0.4) is 0 Å². The van der Waals surface area contributed by atoms with Crippen molar-refractivity contribution in [2.75, 3.05) is 24.6 Å². The number of nitrogens with zero attached hydrogens (tertiary/aromatic N) is 1. The van der Waals surface area contributed by atoms with Crippen LogP contribution in [0.2, 0.25) is 0 Å². The fraction of sp³-hybridized carbons (Fsp3) is 0.500. The number of sulfone groups is 1. The molecule has 2 rings (SSSR count). The van der Waals surface area contributed by atoms with E-state index in [1.165, 1.54) is 4.90 Å². The molecule has 0 radical (unpaired) electrons. The summed E-state index contributed by atoms with van der Waals surface area (Å²) in [4.78, 5) is 24.6. The Balaban J connectivity index is 1.94. The van der Waals surface area contributed by atoms with Gasteiger partial charge in [0.1, 0.15) is 6.54 Å². The number of rotatable bonds is 7. The van der Waals surface area contributed by atoms with E-state index in [9.17, 15) is 18.0 Å². The molecule has 23 heavy (non-hydrogen) atoms. The smallest absolute Gasteiger partial charge is 0.323 e. The number of hydrogen-bond donors (Lipinski definition) is 1. The third kappa shape index (κ3) is 5.67. The molecule has 1 unspecified atom stereocenters. The van der Waals surface area contributed by atoms with Crippen molar-refractivity contribution in [1.82, 2.24) is 4.90 Å². The second-order valence-electron chi connectivity index (χ2n) is 5.92. The summed E-state index contributed by atoms with van der Waals surface area (Å²) in [6.07, 6.45) is 1.15. The summed E-state index contributed by atoms with van der Waals surface area (Å²) in [6, 6.07) is 9.52. The van der Waals surface area contributed by atoms with Gasteiger partial charge >= 0.3 is 5.97 Å². The van der Waals surface area contributed by atoms with Crippen LogP contribution in [0, 0.1) is 5.92 Å². The summed E-state index contributed by atoms with van der Waals surface area (Å²) < 4.78 is 22.9. The fourth-order valence-electron chi connectivity index (χ4n) is 2.77. The number of carboxylic acid groups (broad SMARTS) is 1. The van der Waals surface area contributed by atoms with Crippen molar-refractivity contribution in [2.45, 2.75) is 19.3 Å². The Morgan fingerprint density at radius 3 is 2.48 bits per heavy atom. The van der Waals surface area contributed by atoms with E-state index in [2.05, 4.69) is 0 Å². The number of benzene rings is 1. The fourth-order valence-corrected chi connectivity index (χ4v) is 4.63. The average Bonchev–Trinajstić information content (AvgIpc) is 2.83. The zero-order valence-corrected chi connectivity index (χ0v) is 13.7. The molecule has 1 aromatic carbocycles. The van der Waals surface area contributed by atoms with Crippen LogP contribution in [-0.4, -0.2) is 54.9 Å². The Morgan fingerprint density at radius 2 is 1.91 bits per heavy atom. The molecular formula is C16H21NO5S. The second-order valence-corrected chi connectivity index (χ2v) is 8.15. The minimum absolute atomic E-state index is 0.0261. The molecule has 126 valence electrons. The first-order chi connectivity index (χ1) is 10.9. The summed E-state index contributed by atoms with van der Waals surface area (Å²) in [5.41, 5.74) is 1.03. The molecule has 1 amide bonds. The molecule has 6 nitrogen and oxygen atoms in total. The molecule has 1 atom stereocenters. The molecule has 0 aliphatic carbocycles. The lowest BCUT2D eigenvalue weighted by molar-refractivity contribution is -0.144. The molecule has 1 aliphatic heterocycles. The van der Waals surface area contributed by atoms with Crippen LogP contribution >= 0.6 is 0 Å². The van der Waals surface area contributed by atoms with Crippen LogP contribution in [0.4, 0.5) is 0 Å². The zero-order chi connectivity index (χ0) is 16.9. The molecule has 0 bridgehead atoms. The highest BCUT2D eigenvalue weighted by atomic mass is 32.2. The van der Waals surface area contributed by atoms with E-state index < -0.39 is 15.8 Å². The summed E-state index contributed by atoms with van der Waals surface area (Å²) in [5, 5.41) is 8.98. The molecule has 1 heterocycles. The number of amides is 1. The van der Waals surface area contributed by atoms with E-state index in [0.29, 0.717) is 19.4 Å². The number of carbonyl (C=O) groups excluding carboxylic acids is 1. The molecule has 0 saturated carbocycles. The Morgan fingerprint density at radius 1 is 1.22 bits per heavy atom. The Kier molecular flexibility index (Phi) is 5.76. The van der Waals surface area contributed by atoms with Gasteiger partial charge in [-0.2, -0.15) is 0 Å². The maximum absolute atomic E-state index is 12.3. The maximum Gasteiger partial charge on any atom is 0.323 e. The van der Waals surface area contributed by atoms with Crippen LogP contribution in [0.15, 0.2) is 30.3 Å². The van der Waals surface area contributed by atoms with Gasteiger partial charge in [0, 0.05) is 13.0 Å². The lowest BCUT2D eigenvalue weighted by Gasteiger charge is -2.22. The Hall–Kier alpha value is -1.89. The van der Waals surface area contributed by atoms with Crippen molar-refractivity contribution in [3.8, 4) is 0 Å². The number of aliphatic carboxylic acids is 1. The Bertz CT molecular complexity index is 656. The van der Waals surface area contributed by atoms with Gasteiger partial charge in [-0.15, -0.1) is 0 Å². The summed E-state index contributed by atoms with van der Waals surface area (Å²) >= 11 is 0. The first kappa shape index (κ1) is 17.5. The molecular weight excluding hydrogens is 318 g/mol. The van der Waals surface area contributed by atoms with Crippen molar-refractivity contribution >= 4 is 21.7 Å². The summed E-state index contributed by atoms with van der Waals surface area (Å²) in [6.45, 7) is -0.0419. The zero-order valence-electron chi connectivity index (χ0n) is 12.8. The van der Waals surface area contributed by atoms with Crippen LogP contribution in [0.5, 0.6) is 0 Å². The SMILES string of the molecule is O=C(O)CN(CCc1ccccc1)C(=O)CC1CCS(=O)(=O)C1. The van der Waals surface area contributed by atoms with Gasteiger partial charge < -0.3 is 10.0 Å². The largest absolute Gasteiger partial charge is 0.480 e. The van der Waals surface area contributed by atoms with Crippen molar-refractivity contribution in [3.05, 3.63) is 35.9 Å². The average molecular weight is 339 g/mol. The molecule has 0 aromatic heterocycles. The molecule has 1 fully saturated rings. The predicted molar refractivity (Wildman–Crippen MR) is 85.7 cm³/mol. The molecule has 7 heteroatoms. The lowest BCUT2D eigenvalue weighted by Crippen LogP contribution is -2.38. The van der Waals surface area contributed by atoms with Gasteiger partial charge in [-0.1, -0.05) is 30.3 Å². The highest BCUT2D eigenvalue weighted by molar-refractivity contribution is 7.91. The topological polar surface area (TPSA) is 91.8 Å². The van der Waals surface area contributed by atoms with Crippen molar-refractivity contribution < 1.29 is 23.1 Å². The van der Waals surface area contributed by atoms with Gasteiger partial charge in [0.15, 0.2) is 9.84 Å². The van der Waals surface area contributed by atoms with Crippen molar-refractivity contribution in [3.63, 3.8) is 0 Å². The van der Waals surface area contributed by atoms with Crippen LogP contribution in [0.1, 0.15) is 18.4 Å². The van der Waals surface area contributed by atoms with E-state index in [4.69, 9.17) is 5.11 Å². The third-order valence-electron chi connectivity index (χ3n) is 3.98. The van der Waals surface area contributed by atoms with Gasteiger partial charge in [-0.25, -0.2) is 8.42 Å². The maximum atomic E-state index is 12.3. The number of carboxylic acids is 1. The van der Waals surface area contributed by atoms with Crippen LogP contribution in [0.25, 0.3) is 0 Å². The lowest BCUT2D eigenvalue weighted by atomic mass is 10.0. The summed E-state index contributed by atoms with van der Waals surface area (Å²) in [7, 11) is -3.03. The molecule has 0 spiro atoms. The highest BCUT2D eigenvalue weighted by Gasteiger charge is 2.31. The standard InChI is InChI=1S/C16H21NO5S/c18-15(10-14-7-9-23(21,22)12-14)17(11-16(19)20)8-6-13-4-2-1-3-5-13/h1-5,14H,6-12H2,(H,19,20). The van der Waals surface area contributed by atoms with Crippen LogP contribution in [-0.2, 0) is 25.8 Å². The molecule has 1 saturated heterocycles. The summed E-state index contributed by atoms with van der Waals surface area (Å²) in [5.74, 6) is -1.40. The van der Waals surface area contributed by atoms with Gasteiger partial charge in [-0.3, -0.25) is 9.59 Å². The normalized spacial score (nSPS) is 19.4. The predicted octanol–water partition coefficient (Wildman–Crippen LogP) is 0.967. The van der Waals surface area contributed by atoms with E-state index in [1.54, 1.807) is 0 Å².